The van der Waals surface area contributed by atoms with Gasteiger partial charge in [0.15, 0.2) is 6.10 Å². The fourth-order valence-electron chi connectivity index (χ4n) is 3.83. The van der Waals surface area contributed by atoms with Gasteiger partial charge < -0.3 is 14.6 Å². The summed E-state index contributed by atoms with van der Waals surface area (Å²) < 4.78 is 35.9. The molecule has 7 heteroatoms. The number of carboxylic acid groups (broad SMARTS) is 1. The summed E-state index contributed by atoms with van der Waals surface area (Å²) in [5, 5.41) is 20.0. The summed E-state index contributed by atoms with van der Waals surface area (Å²) in [6.45, 7) is 6.07. The first-order chi connectivity index (χ1) is 14.6. The van der Waals surface area contributed by atoms with Crippen molar-refractivity contribution in [2.75, 3.05) is 0 Å². The van der Waals surface area contributed by atoms with E-state index in [0.717, 1.165) is 22.5 Å². The third kappa shape index (κ3) is 4.24. The Balaban J connectivity index is 2.22. The highest BCUT2D eigenvalue weighted by atomic mass is 28.4. The largest absolute Gasteiger partial charge is 0.534 e. The molecule has 0 spiro atoms. The van der Waals surface area contributed by atoms with Crippen molar-refractivity contribution in [1.29, 1.82) is 0 Å². The van der Waals surface area contributed by atoms with Gasteiger partial charge in [0.2, 0.25) is 0 Å². The van der Waals surface area contributed by atoms with Crippen LogP contribution in [0.15, 0.2) is 72.8 Å². The van der Waals surface area contributed by atoms with Crippen molar-refractivity contribution < 1.29 is 28.2 Å². The van der Waals surface area contributed by atoms with Crippen LogP contribution in [0.5, 0.6) is 5.75 Å². The van der Waals surface area contributed by atoms with Gasteiger partial charge in [0.05, 0.1) is 5.56 Å². The van der Waals surface area contributed by atoms with Crippen molar-refractivity contribution in [2.24, 2.45) is 0 Å². The first kappa shape index (κ1) is 22.6. The van der Waals surface area contributed by atoms with Crippen LogP contribution in [-0.2, 0) is 4.79 Å². The number of carboxylic acids is 1. The molecule has 0 amide bonds. The van der Waals surface area contributed by atoms with Crippen molar-refractivity contribution in [3.05, 3.63) is 90.0 Å². The van der Waals surface area contributed by atoms with Gasteiger partial charge in [0, 0.05) is 12.1 Å². The van der Waals surface area contributed by atoms with Crippen LogP contribution in [0.4, 0.5) is 8.78 Å². The van der Waals surface area contributed by atoms with Crippen molar-refractivity contribution >= 4 is 24.7 Å². The summed E-state index contributed by atoms with van der Waals surface area (Å²) in [7, 11) is -3.11. The summed E-state index contributed by atoms with van der Waals surface area (Å²) in [5.41, 5.74) is -0.915. The Labute approximate surface area is 180 Å². The highest BCUT2D eigenvalue weighted by Gasteiger charge is 2.52. The molecule has 0 fully saturated rings. The molecular weight excluding hydrogens is 418 g/mol. The number of benzene rings is 3. The molecule has 3 aromatic carbocycles. The van der Waals surface area contributed by atoms with Crippen molar-refractivity contribution in [3.8, 4) is 5.75 Å². The van der Waals surface area contributed by atoms with Gasteiger partial charge in [-0.05, 0) is 15.4 Å². The monoisotopic (exact) mass is 442 g/mol. The number of aliphatic hydroxyl groups excluding tert-OH is 1. The molecule has 0 radical (unpaired) electrons. The zero-order chi connectivity index (χ0) is 22.8. The molecule has 3 rings (SSSR count). The van der Waals surface area contributed by atoms with E-state index in [0.29, 0.717) is 0 Å². The van der Waals surface area contributed by atoms with Crippen molar-refractivity contribution in [3.63, 3.8) is 0 Å². The second-order valence-electron chi connectivity index (χ2n) is 8.31. The zero-order valence-electron chi connectivity index (χ0n) is 17.5. The zero-order valence-corrected chi connectivity index (χ0v) is 18.5. The number of carbonyl (C=O) groups is 1. The second kappa shape index (κ2) is 8.61. The Hall–Kier alpha value is -3.03. The number of aliphatic hydroxyl groups is 1. The van der Waals surface area contributed by atoms with Crippen molar-refractivity contribution in [2.45, 2.75) is 31.9 Å². The molecule has 0 bridgehead atoms. The summed E-state index contributed by atoms with van der Waals surface area (Å²) in [6, 6.07) is 21.0. The molecule has 0 aliphatic carbocycles. The maximum Gasteiger partial charge on any atom is 0.337 e. The molecule has 1 unspecified atom stereocenters. The van der Waals surface area contributed by atoms with E-state index in [2.05, 4.69) is 0 Å². The fourth-order valence-corrected chi connectivity index (χ4v) is 8.23. The number of rotatable bonds is 6. The maximum atomic E-state index is 14.7. The minimum atomic E-state index is -3.11. The predicted molar refractivity (Wildman–Crippen MR) is 117 cm³/mol. The summed E-state index contributed by atoms with van der Waals surface area (Å²) in [6.07, 6.45) is -2.30. The topological polar surface area (TPSA) is 66.8 Å². The SMILES string of the molecule is CC(C)(C)[Si](Oc1cc(F)c(C(O)C(=O)O)c(F)c1)(c1ccccc1)c1ccccc1. The van der Waals surface area contributed by atoms with E-state index in [1.54, 1.807) is 0 Å². The molecule has 4 nitrogen and oxygen atoms in total. The molecular formula is C24H24F2O4Si. The van der Waals surface area contributed by atoms with E-state index in [-0.39, 0.29) is 5.75 Å². The molecule has 0 heterocycles. The lowest BCUT2D eigenvalue weighted by Crippen LogP contribution is -2.68. The molecule has 31 heavy (non-hydrogen) atoms. The van der Waals surface area contributed by atoms with E-state index in [1.165, 1.54) is 0 Å². The van der Waals surface area contributed by atoms with E-state index in [4.69, 9.17) is 9.53 Å². The quantitative estimate of drug-likeness (QED) is 0.566. The van der Waals surface area contributed by atoms with Gasteiger partial charge >= 0.3 is 14.3 Å². The summed E-state index contributed by atoms with van der Waals surface area (Å²) in [4.78, 5) is 11.0. The normalized spacial score (nSPS) is 13.0. The van der Waals surface area contributed by atoms with Crippen LogP contribution in [0.2, 0.25) is 5.04 Å². The van der Waals surface area contributed by atoms with Gasteiger partial charge in [-0.25, -0.2) is 13.6 Å². The number of hydrogen-bond acceptors (Lipinski definition) is 3. The van der Waals surface area contributed by atoms with Gasteiger partial charge in [0.25, 0.3) is 0 Å². The molecule has 0 aliphatic rings. The lowest BCUT2D eigenvalue weighted by molar-refractivity contribution is -0.147. The lowest BCUT2D eigenvalue weighted by atomic mass is 10.1. The summed E-state index contributed by atoms with van der Waals surface area (Å²) >= 11 is 0. The molecule has 0 aliphatic heterocycles. The van der Waals surface area contributed by atoms with Crippen LogP contribution < -0.4 is 14.8 Å². The van der Waals surface area contributed by atoms with E-state index in [1.807, 2.05) is 81.4 Å². The number of hydrogen-bond donors (Lipinski definition) is 2. The molecule has 2 N–H and O–H groups in total. The van der Waals surface area contributed by atoms with E-state index < -0.39 is 42.6 Å². The Morgan fingerprint density at radius 1 is 0.903 bits per heavy atom. The van der Waals surface area contributed by atoms with Gasteiger partial charge in [-0.15, -0.1) is 0 Å². The number of aliphatic carboxylic acids is 1. The molecule has 3 aromatic rings. The van der Waals surface area contributed by atoms with Gasteiger partial charge in [0.1, 0.15) is 17.4 Å². The third-order valence-corrected chi connectivity index (χ3v) is 10.2. The minimum absolute atomic E-state index is 0.0642. The van der Waals surface area contributed by atoms with Gasteiger partial charge in [-0.2, -0.15) is 0 Å². The number of halogens is 2. The van der Waals surface area contributed by atoms with E-state index >= 15 is 0 Å². The Bertz CT molecular complexity index is 1000. The molecule has 0 aromatic heterocycles. The summed E-state index contributed by atoms with van der Waals surface area (Å²) in [5.74, 6) is -4.16. The van der Waals surface area contributed by atoms with Crippen LogP contribution in [0.25, 0.3) is 0 Å². The Kier molecular flexibility index (Phi) is 6.29. The highest BCUT2D eigenvalue weighted by Crippen LogP contribution is 2.38. The van der Waals surface area contributed by atoms with Gasteiger partial charge in [-0.3, -0.25) is 0 Å². The van der Waals surface area contributed by atoms with Gasteiger partial charge in [-0.1, -0.05) is 81.4 Å². The average molecular weight is 443 g/mol. The molecule has 0 saturated heterocycles. The van der Waals surface area contributed by atoms with Crippen LogP contribution in [0.3, 0.4) is 0 Å². The predicted octanol–water partition coefficient (Wildman–Crippen LogP) is 4.02. The fraction of sp³-hybridized carbons (Fsp3) is 0.208. The Morgan fingerprint density at radius 2 is 1.32 bits per heavy atom. The minimum Gasteiger partial charge on any atom is -0.534 e. The van der Waals surface area contributed by atoms with Crippen molar-refractivity contribution in [1.82, 2.24) is 0 Å². The highest BCUT2D eigenvalue weighted by molar-refractivity contribution is 7.00. The van der Waals surface area contributed by atoms with Crippen LogP contribution in [0.1, 0.15) is 32.4 Å². The first-order valence-corrected chi connectivity index (χ1v) is 11.7. The second-order valence-corrected chi connectivity index (χ2v) is 12.5. The standard InChI is InChI=1S/C24H24F2O4Si/c1-24(2,3)31(17-10-6-4-7-11-17,18-12-8-5-9-13-18)30-16-14-19(25)21(20(26)15-16)22(27)23(28)29/h4-15,22,27H,1-3H3,(H,28,29). The molecule has 1 atom stereocenters. The van der Waals surface area contributed by atoms with Crippen LogP contribution in [0, 0.1) is 11.6 Å². The molecule has 0 saturated carbocycles. The third-order valence-electron chi connectivity index (χ3n) is 5.25. The molecule has 162 valence electrons. The van der Waals surface area contributed by atoms with Crippen LogP contribution >= 0.6 is 0 Å². The Morgan fingerprint density at radius 3 is 1.68 bits per heavy atom. The van der Waals surface area contributed by atoms with E-state index in [9.17, 15) is 18.7 Å². The maximum absolute atomic E-state index is 14.7. The average Bonchev–Trinajstić information content (AvgIpc) is 2.71. The lowest BCUT2D eigenvalue weighted by Gasteiger charge is -2.43. The smallest absolute Gasteiger partial charge is 0.337 e. The first-order valence-electron chi connectivity index (χ1n) is 9.78. The van der Waals surface area contributed by atoms with Crippen LogP contribution in [-0.4, -0.2) is 24.5 Å².